The molecular formula is C7H6F2N2O2. The highest BCUT2D eigenvalue weighted by Gasteiger charge is 2.14. The van der Waals surface area contributed by atoms with Gasteiger partial charge in [0.1, 0.15) is 0 Å². The molecule has 6 heteroatoms. The number of rotatable bonds is 2. The molecule has 0 aliphatic heterocycles. The lowest BCUT2D eigenvalue weighted by molar-refractivity contribution is 0.110. The van der Waals surface area contributed by atoms with Crippen LogP contribution in [-0.2, 0) is 0 Å². The number of nitrogens with two attached hydrogens (primary N) is 1. The van der Waals surface area contributed by atoms with Crippen LogP contribution in [0, 0.1) is 0 Å². The fourth-order valence-electron chi connectivity index (χ4n) is 0.856. The largest absolute Gasteiger partial charge is 0.394 e. The standard InChI is InChI=1S/C7H6F2N2O2/c8-6(9)3-1-4(10)7(13)11-5(3)2-12/h1-2,6H,10H2,(H,11,13). The maximum absolute atomic E-state index is 12.2. The summed E-state index contributed by atoms with van der Waals surface area (Å²) in [6.07, 6.45) is -2.68. The van der Waals surface area contributed by atoms with Crippen molar-refractivity contribution in [2.24, 2.45) is 0 Å². The smallest absolute Gasteiger partial charge is 0.271 e. The highest BCUT2D eigenvalue weighted by molar-refractivity contribution is 5.75. The van der Waals surface area contributed by atoms with Crippen LogP contribution >= 0.6 is 0 Å². The number of aromatic amines is 1. The van der Waals surface area contributed by atoms with Crippen molar-refractivity contribution in [3.63, 3.8) is 0 Å². The van der Waals surface area contributed by atoms with Crippen LogP contribution in [0.5, 0.6) is 0 Å². The molecule has 1 aromatic heterocycles. The number of nitrogen functional groups attached to an aromatic ring is 1. The van der Waals surface area contributed by atoms with E-state index in [4.69, 9.17) is 5.73 Å². The zero-order valence-electron chi connectivity index (χ0n) is 6.38. The van der Waals surface area contributed by atoms with Gasteiger partial charge in [0, 0.05) is 5.56 Å². The van der Waals surface area contributed by atoms with E-state index in [9.17, 15) is 18.4 Å². The van der Waals surface area contributed by atoms with E-state index in [2.05, 4.69) is 0 Å². The molecule has 0 radical (unpaired) electrons. The normalized spacial score (nSPS) is 10.4. The third kappa shape index (κ3) is 1.71. The summed E-state index contributed by atoms with van der Waals surface area (Å²) in [6.45, 7) is 0. The number of aldehydes is 1. The Morgan fingerprint density at radius 1 is 1.54 bits per heavy atom. The monoisotopic (exact) mass is 188 g/mol. The second-order valence-electron chi connectivity index (χ2n) is 2.34. The minimum absolute atomic E-state index is 0.155. The molecule has 4 nitrogen and oxygen atoms in total. The molecule has 3 N–H and O–H groups in total. The molecule has 70 valence electrons. The summed E-state index contributed by atoms with van der Waals surface area (Å²) in [6, 6.07) is 0.799. The highest BCUT2D eigenvalue weighted by Crippen LogP contribution is 2.20. The number of anilines is 1. The summed E-state index contributed by atoms with van der Waals surface area (Å²) in [5, 5.41) is 0. The molecular weight excluding hydrogens is 182 g/mol. The van der Waals surface area contributed by atoms with E-state index >= 15 is 0 Å². The van der Waals surface area contributed by atoms with Crippen molar-refractivity contribution in [1.29, 1.82) is 0 Å². The van der Waals surface area contributed by atoms with E-state index in [0.717, 1.165) is 6.07 Å². The lowest BCUT2D eigenvalue weighted by Crippen LogP contribution is -2.15. The SMILES string of the molecule is Nc1cc(C(F)F)c(C=O)[nH]c1=O. The Labute approximate surface area is 71.4 Å². The Bertz CT molecular complexity index is 387. The van der Waals surface area contributed by atoms with Crippen LogP contribution in [0.15, 0.2) is 10.9 Å². The van der Waals surface area contributed by atoms with Gasteiger partial charge in [0.15, 0.2) is 6.29 Å². The van der Waals surface area contributed by atoms with E-state index in [0.29, 0.717) is 0 Å². The first-order valence-electron chi connectivity index (χ1n) is 3.32. The molecule has 0 amide bonds. The minimum atomic E-state index is -2.83. The van der Waals surface area contributed by atoms with Crippen LogP contribution in [0.1, 0.15) is 22.5 Å². The average Bonchev–Trinajstić information content (AvgIpc) is 2.08. The Balaban J connectivity index is 3.41. The van der Waals surface area contributed by atoms with Gasteiger partial charge in [-0.2, -0.15) is 0 Å². The molecule has 0 aliphatic carbocycles. The minimum Gasteiger partial charge on any atom is -0.394 e. The first-order chi connectivity index (χ1) is 6.06. The fraction of sp³-hybridized carbons (Fsp3) is 0.143. The van der Waals surface area contributed by atoms with Gasteiger partial charge in [0.05, 0.1) is 11.4 Å². The lowest BCUT2D eigenvalue weighted by Gasteiger charge is -2.03. The number of H-pyrrole nitrogens is 1. The van der Waals surface area contributed by atoms with Crippen LogP contribution in [-0.4, -0.2) is 11.3 Å². The Hall–Kier alpha value is -1.72. The molecule has 0 bridgehead atoms. The number of aromatic nitrogens is 1. The van der Waals surface area contributed by atoms with Crippen LogP contribution in [0.4, 0.5) is 14.5 Å². The molecule has 1 heterocycles. The number of carbonyl (C=O) groups is 1. The van der Waals surface area contributed by atoms with Gasteiger partial charge in [-0.15, -0.1) is 0 Å². The Morgan fingerprint density at radius 2 is 2.15 bits per heavy atom. The zero-order chi connectivity index (χ0) is 10.0. The summed E-state index contributed by atoms with van der Waals surface area (Å²) >= 11 is 0. The van der Waals surface area contributed by atoms with Crippen molar-refractivity contribution < 1.29 is 13.6 Å². The molecule has 0 aliphatic rings. The Kier molecular flexibility index (Phi) is 2.41. The molecule has 0 saturated heterocycles. The Morgan fingerprint density at radius 3 is 2.62 bits per heavy atom. The van der Waals surface area contributed by atoms with Crippen LogP contribution < -0.4 is 11.3 Å². The van der Waals surface area contributed by atoms with Crippen molar-refractivity contribution in [3.05, 3.63) is 27.7 Å². The summed E-state index contributed by atoms with van der Waals surface area (Å²) in [5.74, 6) is 0. The van der Waals surface area contributed by atoms with E-state index in [1.165, 1.54) is 0 Å². The quantitative estimate of drug-likeness (QED) is 0.671. The van der Waals surface area contributed by atoms with Crippen molar-refractivity contribution in [3.8, 4) is 0 Å². The first kappa shape index (κ1) is 9.37. The van der Waals surface area contributed by atoms with Gasteiger partial charge in [0.25, 0.3) is 12.0 Å². The average molecular weight is 188 g/mol. The van der Waals surface area contributed by atoms with Crippen LogP contribution in [0.3, 0.4) is 0 Å². The van der Waals surface area contributed by atoms with Crippen molar-refractivity contribution in [2.45, 2.75) is 6.43 Å². The highest BCUT2D eigenvalue weighted by atomic mass is 19.3. The first-order valence-corrected chi connectivity index (χ1v) is 3.32. The number of halogens is 2. The van der Waals surface area contributed by atoms with Crippen LogP contribution in [0.2, 0.25) is 0 Å². The maximum Gasteiger partial charge on any atom is 0.271 e. The lowest BCUT2D eigenvalue weighted by atomic mass is 10.2. The number of nitrogens with one attached hydrogen (secondary N) is 1. The van der Waals surface area contributed by atoms with Crippen LogP contribution in [0.25, 0.3) is 0 Å². The predicted octanol–water partition coefficient (Wildman–Crippen LogP) is 0.707. The summed E-state index contributed by atoms with van der Waals surface area (Å²) in [7, 11) is 0. The topological polar surface area (TPSA) is 76.0 Å². The zero-order valence-corrected chi connectivity index (χ0v) is 6.38. The summed E-state index contributed by atoms with van der Waals surface area (Å²) in [5.41, 5.74) is 3.01. The third-order valence-corrected chi connectivity index (χ3v) is 1.49. The second kappa shape index (κ2) is 3.34. The van der Waals surface area contributed by atoms with E-state index in [1.54, 1.807) is 0 Å². The van der Waals surface area contributed by atoms with Gasteiger partial charge >= 0.3 is 0 Å². The summed E-state index contributed by atoms with van der Waals surface area (Å²) in [4.78, 5) is 23.0. The number of hydrogen-bond donors (Lipinski definition) is 2. The number of hydrogen-bond acceptors (Lipinski definition) is 3. The van der Waals surface area contributed by atoms with Crippen molar-refractivity contribution in [1.82, 2.24) is 4.98 Å². The molecule has 0 fully saturated rings. The molecule has 1 aromatic rings. The van der Waals surface area contributed by atoms with Crippen molar-refractivity contribution >= 4 is 12.0 Å². The second-order valence-corrected chi connectivity index (χ2v) is 2.34. The predicted molar refractivity (Wildman–Crippen MR) is 41.8 cm³/mol. The van der Waals surface area contributed by atoms with Gasteiger partial charge in [-0.05, 0) is 6.07 Å². The van der Waals surface area contributed by atoms with Gasteiger partial charge in [-0.1, -0.05) is 0 Å². The molecule has 13 heavy (non-hydrogen) atoms. The number of alkyl halides is 2. The van der Waals surface area contributed by atoms with E-state index in [-0.39, 0.29) is 12.0 Å². The van der Waals surface area contributed by atoms with Crippen molar-refractivity contribution in [2.75, 3.05) is 5.73 Å². The molecule has 0 atom stereocenters. The van der Waals surface area contributed by atoms with E-state index < -0.39 is 23.2 Å². The van der Waals surface area contributed by atoms with Gasteiger partial charge in [-0.3, -0.25) is 9.59 Å². The fourth-order valence-corrected chi connectivity index (χ4v) is 0.856. The number of carbonyl (C=O) groups excluding carboxylic acids is 1. The van der Waals surface area contributed by atoms with Gasteiger partial charge in [0.2, 0.25) is 0 Å². The third-order valence-electron chi connectivity index (χ3n) is 1.49. The molecule has 0 aromatic carbocycles. The summed E-state index contributed by atoms with van der Waals surface area (Å²) < 4.78 is 24.4. The van der Waals surface area contributed by atoms with E-state index in [1.807, 2.05) is 4.98 Å². The molecule has 1 rings (SSSR count). The molecule has 0 spiro atoms. The van der Waals surface area contributed by atoms with Gasteiger partial charge < -0.3 is 10.7 Å². The molecule has 0 saturated carbocycles. The van der Waals surface area contributed by atoms with Gasteiger partial charge in [-0.25, -0.2) is 8.78 Å². The number of pyridine rings is 1. The maximum atomic E-state index is 12.2. The molecule has 0 unspecified atom stereocenters.